The van der Waals surface area contributed by atoms with E-state index in [1.54, 1.807) is 0 Å². The van der Waals surface area contributed by atoms with Crippen molar-refractivity contribution in [2.24, 2.45) is 10.9 Å². The Morgan fingerprint density at radius 2 is 2.07 bits per heavy atom. The Morgan fingerprint density at radius 1 is 1.27 bits per heavy atom. The maximum atomic E-state index is 6.21. The van der Waals surface area contributed by atoms with E-state index in [1.165, 1.54) is 37.9 Å². The number of halogens is 1. The van der Waals surface area contributed by atoms with Crippen LogP contribution in [0.5, 0.6) is 5.75 Å². The third-order valence-corrected chi connectivity index (χ3v) is 5.71. The van der Waals surface area contributed by atoms with Gasteiger partial charge in [-0.25, -0.2) is 0 Å². The van der Waals surface area contributed by atoms with Gasteiger partial charge in [-0.1, -0.05) is 25.5 Å². The highest BCUT2D eigenvalue weighted by atomic mass is 127. The van der Waals surface area contributed by atoms with Crippen molar-refractivity contribution < 1.29 is 9.47 Å². The zero-order valence-electron chi connectivity index (χ0n) is 18.8. The van der Waals surface area contributed by atoms with Gasteiger partial charge in [0.15, 0.2) is 5.96 Å². The van der Waals surface area contributed by atoms with Gasteiger partial charge in [0.05, 0.1) is 13.2 Å². The SMILES string of the molecule is CN=C(NCc1ccc(C)cc1OC1CCOC1)NCC(C)CN1CCCCC1.I. The summed E-state index contributed by atoms with van der Waals surface area (Å²) in [6.07, 6.45) is 5.19. The minimum Gasteiger partial charge on any atom is -0.488 e. The average molecular weight is 530 g/mol. The molecule has 2 aliphatic rings. The maximum Gasteiger partial charge on any atom is 0.191 e. The third kappa shape index (κ3) is 8.23. The van der Waals surface area contributed by atoms with E-state index in [4.69, 9.17) is 9.47 Å². The van der Waals surface area contributed by atoms with Gasteiger partial charge in [-0.3, -0.25) is 4.99 Å². The van der Waals surface area contributed by atoms with Crippen LogP contribution >= 0.6 is 24.0 Å². The van der Waals surface area contributed by atoms with Gasteiger partial charge >= 0.3 is 0 Å². The van der Waals surface area contributed by atoms with Crippen molar-refractivity contribution >= 4 is 29.9 Å². The lowest BCUT2D eigenvalue weighted by atomic mass is 10.1. The molecule has 1 aromatic rings. The number of piperidine rings is 1. The van der Waals surface area contributed by atoms with Crippen molar-refractivity contribution in [3.05, 3.63) is 29.3 Å². The molecular formula is C23H39IN4O2. The van der Waals surface area contributed by atoms with Gasteiger partial charge in [0.25, 0.3) is 0 Å². The second-order valence-electron chi connectivity index (χ2n) is 8.49. The van der Waals surface area contributed by atoms with Crippen LogP contribution in [-0.2, 0) is 11.3 Å². The van der Waals surface area contributed by atoms with E-state index in [2.05, 4.69) is 52.6 Å². The minimum absolute atomic E-state index is 0. The zero-order chi connectivity index (χ0) is 20.5. The molecule has 0 amide bonds. The smallest absolute Gasteiger partial charge is 0.191 e. The van der Waals surface area contributed by atoms with E-state index in [-0.39, 0.29) is 30.1 Å². The molecule has 2 atom stereocenters. The number of aryl methyl sites for hydroxylation is 1. The lowest BCUT2D eigenvalue weighted by Gasteiger charge is -2.29. The van der Waals surface area contributed by atoms with Gasteiger partial charge in [0.1, 0.15) is 11.9 Å². The monoisotopic (exact) mass is 530 g/mol. The van der Waals surface area contributed by atoms with Crippen molar-refractivity contribution in [1.29, 1.82) is 0 Å². The normalized spacial score (nSPS) is 21.0. The molecule has 0 radical (unpaired) electrons. The fourth-order valence-corrected chi connectivity index (χ4v) is 4.02. The number of hydrogen-bond donors (Lipinski definition) is 2. The quantitative estimate of drug-likeness (QED) is 0.306. The summed E-state index contributed by atoms with van der Waals surface area (Å²) in [7, 11) is 1.83. The highest BCUT2D eigenvalue weighted by Gasteiger charge is 2.19. The van der Waals surface area contributed by atoms with E-state index in [0.717, 1.165) is 43.4 Å². The summed E-state index contributed by atoms with van der Waals surface area (Å²) in [6, 6.07) is 6.39. The van der Waals surface area contributed by atoms with Crippen LogP contribution in [0.4, 0.5) is 0 Å². The van der Waals surface area contributed by atoms with E-state index in [1.807, 2.05) is 7.05 Å². The number of aliphatic imine (C=N–C) groups is 1. The van der Waals surface area contributed by atoms with Gasteiger partial charge in [-0.05, 0) is 50.4 Å². The first kappa shape index (κ1) is 25.2. The molecule has 7 heteroatoms. The largest absolute Gasteiger partial charge is 0.488 e. The number of rotatable bonds is 8. The second-order valence-corrected chi connectivity index (χ2v) is 8.49. The van der Waals surface area contributed by atoms with Crippen LogP contribution < -0.4 is 15.4 Å². The molecule has 0 spiro atoms. The molecule has 0 bridgehead atoms. The summed E-state index contributed by atoms with van der Waals surface area (Å²) in [4.78, 5) is 6.98. The van der Waals surface area contributed by atoms with Crippen molar-refractivity contribution in [2.45, 2.75) is 52.2 Å². The molecule has 0 aromatic heterocycles. The number of hydrogen-bond acceptors (Lipinski definition) is 4. The van der Waals surface area contributed by atoms with Crippen LogP contribution in [0, 0.1) is 12.8 Å². The lowest BCUT2D eigenvalue weighted by molar-refractivity contribution is 0.140. The van der Waals surface area contributed by atoms with E-state index in [9.17, 15) is 0 Å². The summed E-state index contributed by atoms with van der Waals surface area (Å²) in [6.45, 7) is 11.1. The molecule has 170 valence electrons. The molecular weight excluding hydrogens is 491 g/mol. The Kier molecular flexibility index (Phi) is 11.2. The zero-order valence-corrected chi connectivity index (χ0v) is 21.1. The van der Waals surface area contributed by atoms with Gasteiger partial charge in [0, 0.05) is 38.7 Å². The van der Waals surface area contributed by atoms with Crippen molar-refractivity contribution in [3.63, 3.8) is 0 Å². The van der Waals surface area contributed by atoms with Crippen molar-refractivity contribution in [1.82, 2.24) is 15.5 Å². The Bertz CT molecular complexity index is 659. The fraction of sp³-hybridized carbons (Fsp3) is 0.696. The van der Waals surface area contributed by atoms with Gasteiger partial charge in [-0.15, -0.1) is 24.0 Å². The lowest BCUT2D eigenvalue weighted by Crippen LogP contribution is -2.42. The molecule has 30 heavy (non-hydrogen) atoms. The predicted octanol–water partition coefficient (Wildman–Crippen LogP) is 3.57. The topological polar surface area (TPSA) is 58.1 Å². The van der Waals surface area contributed by atoms with Crippen LogP contribution in [0.1, 0.15) is 43.7 Å². The standard InChI is InChI=1S/C23H38N4O2.HI/c1-18-7-8-20(22(13-18)29-21-9-12-28-17-21)15-26-23(24-3)25-14-19(2)16-27-10-5-4-6-11-27;/h7-8,13,19,21H,4-6,9-12,14-17H2,1-3H3,(H2,24,25,26);1H. The molecule has 0 saturated carbocycles. The summed E-state index contributed by atoms with van der Waals surface area (Å²) < 4.78 is 11.7. The second kappa shape index (κ2) is 13.4. The molecule has 6 nitrogen and oxygen atoms in total. The van der Waals surface area contributed by atoms with E-state index >= 15 is 0 Å². The number of benzene rings is 1. The average Bonchev–Trinajstić information content (AvgIpc) is 3.23. The van der Waals surface area contributed by atoms with Crippen LogP contribution in [0.15, 0.2) is 23.2 Å². The summed E-state index contributed by atoms with van der Waals surface area (Å²) >= 11 is 0. The van der Waals surface area contributed by atoms with Crippen molar-refractivity contribution in [2.75, 3.05) is 46.4 Å². The highest BCUT2D eigenvalue weighted by Crippen LogP contribution is 2.23. The summed E-state index contributed by atoms with van der Waals surface area (Å²) in [5.74, 6) is 2.38. The molecule has 2 aliphatic heterocycles. The van der Waals surface area contributed by atoms with E-state index < -0.39 is 0 Å². The van der Waals surface area contributed by atoms with Gasteiger partial charge < -0.3 is 25.0 Å². The Morgan fingerprint density at radius 3 is 2.77 bits per heavy atom. The van der Waals surface area contributed by atoms with Crippen LogP contribution in [-0.4, -0.2) is 63.4 Å². The number of nitrogens with one attached hydrogen (secondary N) is 2. The fourth-order valence-electron chi connectivity index (χ4n) is 4.02. The van der Waals surface area contributed by atoms with Gasteiger partial charge in [0.2, 0.25) is 0 Å². The van der Waals surface area contributed by atoms with Gasteiger partial charge in [-0.2, -0.15) is 0 Å². The maximum absolute atomic E-state index is 6.21. The predicted molar refractivity (Wildman–Crippen MR) is 134 cm³/mol. The summed E-state index contributed by atoms with van der Waals surface area (Å²) in [5, 5.41) is 6.93. The number of nitrogens with zero attached hydrogens (tertiary/aromatic N) is 2. The molecule has 2 fully saturated rings. The van der Waals surface area contributed by atoms with E-state index in [0.29, 0.717) is 19.1 Å². The van der Waals surface area contributed by atoms with Crippen LogP contribution in [0.2, 0.25) is 0 Å². The Balaban J connectivity index is 0.00000320. The third-order valence-electron chi connectivity index (χ3n) is 5.71. The molecule has 2 N–H and O–H groups in total. The number of guanidine groups is 1. The molecule has 2 heterocycles. The first-order valence-corrected chi connectivity index (χ1v) is 11.1. The Hall–Kier alpha value is -1.06. The first-order chi connectivity index (χ1) is 14.1. The van der Waals surface area contributed by atoms with Crippen LogP contribution in [0.25, 0.3) is 0 Å². The number of ether oxygens (including phenoxy) is 2. The molecule has 1 aromatic carbocycles. The minimum atomic E-state index is 0. The Labute approximate surface area is 199 Å². The van der Waals surface area contributed by atoms with Crippen molar-refractivity contribution in [3.8, 4) is 5.75 Å². The summed E-state index contributed by atoms with van der Waals surface area (Å²) in [5.41, 5.74) is 2.35. The highest BCUT2D eigenvalue weighted by molar-refractivity contribution is 14.0. The van der Waals surface area contributed by atoms with Crippen LogP contribution in [0.3, 0.4) is 0 Å². The molecule has 0 aliphatic carbocycles. The molecule has 2 unspecified atom stereocenters. The number of likely N-dealkylation sites (tertiary alicyclic amines) is 1. The molecule has 2 saturated heterocycles. The molecule has 3 rings (SSSR count). The first-order valence-electron chi connectivity index (χ1n) is 11.1.